The number of rotatable bonds is 5. The van der Waals surface area contributed by atoms with E-state index in [2.05, 4.69) is 0 Å². The number of esters is 1. The lowest BCUT2D eigenvalue weighted by Gasteiger charge is -2.27. The van der Waals surface area contributed by atoms with Crippen LogP contribution < -0.4 is 0 Å². The first kappa shape index (κ1) is 17.2. The van der Waals surface area contributed by atoms with Gasteiger partial charge in [0.05, 0.1) is 12.0 Å². The molecule has 1 saturated heterocycles. The van der Waals surface area contributed by atoms with Crippen molar-refractivity contribution >= 4 is 35.2 Å². The third kappa shape index (κ3) is 3.76. The first-order valence-electron chi connectivity index (χ1n) is 7.45. The number of nitrogens with zero attached hydrogens (tertiary/aromatic N) is 1. The lowest BCUT2D eigenvalue weighted by molar-refractivity contribution is -0.148. The van der Waals surface area contributed by atoms with E-state index in [1.165, 1.54) is 0 Å². The zero-order valence-corrected chi connectivity index (χ0v) is 14.3. The second-order valence-electron chi connectivity index (χ2n) is 5.10. The van der Waals surface area contributed by atoms with Crippen molar-refractivity contribution < 1.29 is 14.3 Å². The summed E-state index contributed by atoms with van der Waals surface area (Å²) in [5, 5.41) is 0.584. The number of benzene rings is 1. The van der Waals surface area contributed by atoms with Gasteiger partial charge < -0.3 is 9.64 Å². The Hall–Kier alpha value is -1.20. The molecule has 2 rings (SSSR count). The Bertz CT molecular complexity index is 535. The van der Waals surface area contributed by atoms with Crippen molar-refractivity contribution in [3.05, 3.63) is 34.9 Å². The minimum atomic E-state index is -0.510. The van der Waals surface area contributed by atoms with Gasteiger partial charge in [0.2, 0.25) is 0 Å². The Morgan fingerprint density at radius 1 is 1.32 bits per heavy atom. The zero-order chi connectivity index (χ0) is 16.1. The molecule has 1 heterocycles. The van der Waals surface area contributed by atoms with Crippen molar-refractivity contribution in [2.24, 2.45) is 0 Å². The summed E-state index contributed by atoms with van der Waals surface area (Å²) in [5.41, 5.74) is 0.540. The van der Waals surface area contributed by atoms with Crippen LogP contribution in [0.4, 0.5) is 0 Å². The van der Waals surface area contributed by atoms with Gasteiger partial charge in [0.15, 0.2) is 0 Å². The van der Waals surface area contributed by atoms with Crippen molar-refractivity contribution in [3.8, 4) is 0 Å². The van der Waals surface area contributed by atoms with Crippen LogP contribution in [0.3, 0.4) is 0 Å². The van der Waals surface area contributed by atoms with E-state index in [0.717, 1.165) is 12.8 Å². The number of hydrogen-bond acceptors (Lipinski definition) is 4. The fourth-order valence-corrected chi connectivity index (χ4v) is 3.84. The van der Waals surface area contributed by atoms with E-state index in [0.29, 0.717) is 22.9 Å². The van der Waals surface area contributed by atoms with Crippen LogP contribution in [0.5, 0.6) is 0 Å². The molecule has 1 aliphatic heterocycles. The molecule has 0 N–H and O–H groups in total. The van der Waals surface area contributed by atoms with Gasteiger partial charge in [-0.05, 0) is 37.1 Å². The van der Waals surface area contributed by atoms with Crippen LogP contribution in [0, 0.1) is 0 Å². The lowest BCUT2D eigenvalue weighted by Crippen LogP contribution is -2.46. The van der Waals surface area contributed by atoms with Crippen LogP contribution in [0.25, 0.3) is 0 Å². The smallest absolute Gasteiger partial charge is 0.329 e. The molecule has 22 heavy (non-hydrogen) atoms. The maximum Gasteiger partial charge on any atom is 0.329 e. The monoisotopic (exact) mass is 341 g/mol. The summed E-state index contributed by atoms with van der Waals surface area (Å²) in [5.74, 6) is 0.125. The van der Waals surface area contributed by atoms with E-state index >= 15 is 0 Å². The highest BCUT2D eigenvalue weighted by Crippen LogP contribution is 2.33. The van der Waals surface area contributed by atoms with Crippen molar-refractivity contribution in [3.63, 3.8) is 0 Å². The van der Waals surface area contributed by atoms with Crippen molar-refractivity contribution in [1.29, 1.82) is 0 Å². The Balaban J connectivity index is 2.20. The van der Waals surface area contributed by atoms with Gasteiger partial charge in [-0.3, -0.25) is 4.79 Å². The second-order valence-corrected chi connectivity index (χ2v) is 6.75. The molecule has 0 saturated carbocycles. The van der Waals surface area contributed by atoms with Crippen molar-refractivity contribution in [1.82, 2.24) is 4.90 Å². The van der Waals surface area contributed by atoms with Crippen LogP contribution in [0.2, 0.25) is 5.02 Å². The summed E-state index contributed by atoms with van der Waals surface area (Å²) in [6.45, 7) is 4.35. The molecule has 1 amide bonds. The third-order valence-corrected chi connectivity index (χ3v) is 5.19. The van der Waals surface area contributed by atoms with Gasteiger partial charge in [0.25, 0.3) is 5.91 Å². The Kier molecular flexibility index (Phi) is 6.15. The molecule has 6 heteroatoms. The second kappa shape index (κ2) is 7.88. The van der Waals surface area contributed by atoms with E-state index in [9.17, 15) is 9.59 Å². The molecule has 0 aliphatic carbocycles. The summed E-state index contributed by atoms with van der Waals surface area (Å²) >= 11 is 7.49. The number of carbonyl (C=O) groups excluding carboxylic acids is 2. The van der Waals surface area contributed by atoms with Crippen LogP contribution in [-0.2, 0) is 9.53 Å². The predicted molar refractivity (Wildman–Crippen MR) is 89.2 cm³/mol. The standard InChI is InChI=1S/C16H20ClNO3S/c1-3-9-21-16(20)13-10-22-14(4-2)18(13)15(19)11-5-7-12(17)8-6-11/h5-8,13-14H,3-4,9-10H2,1-2H3. The average molecular weight is 342 g/mol. The molecule has 1 aromatic rings. The fourth-order valence-electron chi connectivity index (χ4n) is 2.37. The zero-order valence-electron chi connectivity index (χ0n) is 12.8. The number of carbonyl (C=O) groups is 2. The van der Waals surface area contributed by atoms with E-state index in [1.54, 1.807) is 40.9 Å². The molecule has 2 atom stereocenters. The Morgan fingerprint density at radius 3 is 2.59 bits per heavy atom. The highest BCUT2D eigenvalue weighted by Gasteiger charge is 2.41. The maximum atomic E-state index is 12.8. The topological polar surface area (TPSA) is 46.6 Å². The SMILES string of the molecule is CCCOC(=O)C1CSC(CC)N1C(=O)c1ccc(Cl)cc1. The molecule has 1 fully saturated rings. The largest absolute Gasteiger partial charge is 0.464 e. The van der Waals surface area contributed by atoms with Crippen LogP contribution in [0.15, 0.2) is 24.3 Å². The van der Waals surface area contributed by atoms with E-state index in [-0.39, 0.29) is 17.3 Å². The summed E-state index contributed by atoms with van der Waals surface area (Å²) in [4.78, 5) is 26.7. The normalized spacial score (nSPS) is 21.0. The molecule has 0 spiro atoms. The van der Waals surface area contributed by atoms with Crippen molar-refractivity contribution in [2.75, 3.05) is 12.4 Å². The maximum absolute atomic E-state index is 12.8. The number of halogens is 1. The van der Waals surface area contributed by atoms with Gasteiger partial charge in [-0.1, -0.05) is 25.4 Å². The minimum Gasteiger partial charge on any atom is -0.464 e. The highest BCUT2D eigenvalue weighted by atomic mass is 35.5. The van der Waals surface area contributed by atoms with Gasteiger partial charge in [-0.25, -0.2) is 4.79 Å². The first-order chi connectivity index (χ1) is 10.6. The quantitative estimate of drug-likeness (QED) is 0.768. The van der Waals surface area contributed by atoms with E-state index in [4.69, 9.17) is 16.3 Å². The van der Waals surface area contributed by atoms with Crippen molar-refractivity contribution in [2.45, 2.75) is 38.1 Å². The van der Waals surface area contributed by atoms with Gasteiger partial charge in [-0.2, -0.15) is 0 Å². The molecule has 1 aromatic carbocycles. The third-order valence-electron chi connectivity index (χ3n) is 3.49. The average Bonchev–Trinajstić information content (AvgIpc) is 2.96. The Labute approximate surface area is 140 Å². The molecule has 0 radical (unpaired) electrons. The molecule has 1 aliphatic rings. The fraction of sp³-hybridized carbons (Fsp3) is 0.500. The van der Waals surface area contributed by atoms with Gasteiger partial charge in [0, 0.05) is 16.3 Å². The number of ether oxygens (including phenoxy) is 1. The van der Waals surface area contributed by atoms with Crippen LogP contribution in [-0.4, -0.2) is 40.6 Å². The molecule has 4 nitrogen and oxygen atoms in total. The molecule has 120 valence electrons. The molecular weight excluding hydrogens is 322 g/mol. The molecular formula is C16H20ClNO3S. The summed E-state index contributed by atoms with van der Waals surface area (Å²) in [6, 6.07) is 6.24. The van der Waals surface area contributed by atoms with Gasteiger partial charge in [0.1, 0.15) is 6.04 Å². The molecule has 2 unspecified atom stereocenters. The predicted octanol–water partition coefficient (Wildman–Crippen LogP) is 3.59. The molecule has 0 bridgehead atoms. The van der Waals surface area contributed by atoms with Gasteiger partial charge >= 0.3 is 5.97 Å². The lowest BCUT2D eigenvalue weighted by atomic mass is 10.1. The summed E-state index contributed by atoms with van der Waals surface area (Å²) < 4.78 is 5.24. The van der Waals surface area contributed by atoms with Crippen LogP contribution in [0.1, 0.15) is 37.0 Å². The minimum absolute atomic E-state index is 0.00218. The number of amides is 1. The number of hydrogen-bond donors (Lipinski definition) is 0. The van der Waals surface area contributed by atoms with E-state index in [1.807, 2.05) is 13.8 Å². The Morgan fingerprint density at radius 2 is 2.00 bits per heavy atom. The highest BCUT2D eigenvalue weighted by molar-refractivity contribution is 8.00. The number of thioether (sulfide) groups is 1. The summed E-state index contributed by atoms with van der Waals surface area (Å²) in [6.07, 6.45) is 1.56. The van der Waals surface area contributed by atoms with Crippen LogP contribution >= 0.6 is 23.4 Å². The molecule has 0 aromatic heterocycles. The van der Waals surface area contributed by atoms with E-state index < -0.39 is 6.04 Å². The summed E-state index contributed by atoms with van der Waals surface area (Å²) in [7, 11) is 0. The first-order valence-corrected chi connectivity index (χ1v) is 8.87. The van der Waals surface area contributed by atoms with Gasteiger partial charge in [-0.15, -0.1) is 11.8 Å².